The van der Waals surface area contributed by atoms with Crippen LogP contribution in [0.25, 0.3) is 0 Å². The van der Waals surface area contributed by atoms with Crippen molar-refractivity contribution in [1.82, 2.24) is 85.7 Å². The van der Waals surface area contributed by atoms with Crippen molar-refractivity contribution in [3.63, 3.8) is 0 Å². The van der Waals surface area contributed by atoms with E-state index in [0.29, 0.717) is 30.4 Å². The number of carboxylic acids is 3. The van der Waals surface area contributed by atoms with Crippen molar-refractivity contribution in [2.45, 2.75) is 247 Å². The third-order valence-electron chi connectivity index (χ3n) is 19.7. The molecule has 2 aromatic rings. The van der Waals surface area contributed by atoms with E-state index < -0.39 is 266 Å². The average molecular weight is 1910 g/mol. The number of phenolic OH excluding ortho intramolecular Hbond substituents is 2. The molecule has 2 unspecified atom stereocenters. The number of Topliss-reactive ketones (excluding diaryl/α,β-unsaturated/α-hetero) is 4. The Balaban J connectivity index is 2.42. The maximum atomic E-state index is 14.7. The molecule has 2 aromatic carbocycles. The van der Waals surface area contributed by atoms with E-state index >= 15 is 0 Å². The molecule has 0 aliphatic rings. The summed E-state index contributed by atoms with van der Waals surface area (Å²) in [5.74, 6) is -25.3. The van der Waals surface area contributed by atoms with Crippen LogP contribution in [0.1, 0.15) is 143 Å². The number of thiol groups is 2. The van der Waals surface area contributed by atoms with Gasteiger partial charge in [0.1, 0.15) is 84.3 Å². The van der Waals surface area contributed by atoms with Gasteiger partial charge in [-0.15, -0.1) is 0 Å². The van der Waals surface area contributed by atoms with Gasteiger partial charge in [0.05, 0.1) is 69.9 Å². The number of hydrogen-bond acceptors (Lipinski definition) is 38. The highest BCUT2D eigenvalue weighted by Crippen LogP contribution is 2.19. The van der Waals surface area contributed by atoms with Crippen molar-refractivity contribution in [3.8, 4) is 11.5 Å². The van der Waals surface area contributed by atoms with Gasteiger partial charge < -0.3 is 123 Å². The average Bonchev–Trinajstić information content (AvgIpc) is 0.845. The number of nitrogens with one attached hydrogen (secondary N) is 16. The Labute approximate surface area is 773 Å². The SMILES string of the molecule is CC(C)CC(N)COC(Cc1ccc(O)cc1)C(=O)NC(=O)[C@H](CS)NN[C@@H](CC(=O)O)C(=O)N[C@@H](CC(=O)O)C(=O)N[C@@H](CO)C(=O)N[C@@H](CO)C(=O)N[C@@H](CC(N)=O)C(=O)N[C@@H](CS)C(=O)C(=O)[C@H](CC(C)C)NC(=O)[C@H](CC(C)C)NN[C@@H](CCCCN)C(=O)C(=O)[C@H](CCCCN)NC(=O)[C@H](Cc1ccc(O)cc1)NN[C@@H](CCCNC(N)N)C(=O)N[C@@H](CO)C(=O)O. The van der Waals surface area contributed by atoms with E-state index in [1.807, 2.05) is 29.8 Å². The minimum absolute atomic E-state index is 0.0421. The van der Waals surface area contributed by atoms with Crippen LogP contribution in [0, 0.1) is 17.8 Å². The zero-order valence-corrected chi connectivity index (χ0v) is 76.3. The highest BCUT2D eigenvalue weighted by molar-refractivity contribution is 7.80. The Morgan fingerprint density at radius 1 is 0.371 bits per heavy atom. The number of aliphatic carboxylic acids is 3. The summed E-state index contributed by atoms with van der Waals surface area (Å²) >= 11 is 8.30. The molecule has 16 atom stereocenters. The van der Waals surface area contributed by atoms with Crippen molar-refractivity contribution in [3.05, 3.63) is 59.7 Å². The lowest BCUT2D eigenvalue weighted by molar-refractivity contribution is -0.143. The predicted octanol–water partition coefficient (Wildman–Crippen LogP) is -9.40. The van der Waals surface area contributed by atoms with Crippen LogP contribution in [0.2, 0.25) is 0 Å². The van der Waals surface area contributed by atoms with E-state index in [1.54, 1.807) is 27.7 Å². The fourth-order valence-corrected chi connectivity index (χ4v) is 13.2. The van der Waals surface area contributed by atoms with E-state index in [9.17, 15) is 127 Å². The molecular weight excluding hydrogens is 1780 g/mol. The van der Waals surface area contributed by atoms with Crippen LogP contribution in [0.3, 0.4) is 0 Å². The first-order valence-corrected chi connectivity index (χ1v) is 44.1. The molecule has 49 nitrogen and oxygen atoms in total. The standard InChI is InChI=1S/C81H134N22O27S2/c1-40(2)26-45(84)37-130-62(30-44-17-21-47(108)22-18-44)79(127)97-78(126)61(39-132)103-102-56(33-65(112)113)75(123)92-53(32-64(110)111)72(120)93-58(35-105)77(125)94-57(34-104)76(124)91-52(31-63(85)109)71(119)96-60(38-131)69(117)68(116)51(27-41(3)4)90-73(121)54(28-42(5)6)100-98-49(13-8-10-24-83)67(115)66(114)48(12-7-9-23-82)89-74(122)55(29-43-15-19-46(107)20-16-43)101-99-50(14-11-25-88-81(86)87)70(118)95-59(36-106)80(128)129/h15-22,40-42,45,48-62,81,88,98-108,131-132H,7-14,23-39,82-84,86-87H2,1-6H3,(H2,85,109)(H,89,122)(H,90,121)(H,91,124)(H,92,123)(H,93,120)(H,94,125)(H,95,118)(H,96,119)(H,110,111)(H,112,113)(H,128,129)(H,97,126,127)/t45?,48-,49-,50-,51-,52-,53-,54-,55-,56-,57-,58-,59-,60-,61-,62?/m0/s1. The van der Waals surface area contributed by atoms with Crippen LogP contribution in [-0.2, 0) is 104 Å². The van der Waals surface area contributed by atoms with Gasteiger partial charge in [0, 0.05) is 24.0 Å². The molecule has 0 radical (unpaired) electrons. The summed E-state index contributed by atoms with van der Waals surface area (Å²) < 4.78 is 5.84. The zero-order chi connectivity index (χ0) is 99.6. The molecule has 0 aromatic heterocycles. The molecule has 742 valence electrons. The molecule has 36 N–H and O–H groups in total. The number of aliphatic hydroxyl groups is 3. The molecule has 0 fully saturated rings. The summed E-state index contributed by atoms with van der Waals surface area (Å²) in [6, 6.07) is -13.7. The van der Waals surface area contributed by atoms with E-state index in [-0.39, 0.29) is 114 Å². The predicted molar refractivity (Wildman–Crippen MR) is 480 cm³/mol. The summed E-state index contributed by atoms with van der Waals surface area (Å²) in [5, 5.41) is 102. The lowest BCUT2D eigenvalue weighted by Crippen LogP contribution is -2.62. The maximum absolute atomic E-state index is 14.7. The minimum atomic E-state index is -2.21. The normalized spacial score (nSPS) is 15.1. The van der Waals surface area contributed by atoms with Crippen LogP contribution < -0.4 is 120 Å². The Kier molecular flexibility index (Phi) is 56.0. The number of aliphatic hydroxyl groups excluding tert-OH is 3. The van der Waals surface area contributed by atoms with Gasteiger partial charge in [-0.3, -0.25) is 92.1 Å². The number of rotatable bonds is 71. The highest BCUT2D eigenvalue weighted by atomic mass is 32.1. The second kappa shape index (κ2) is 62.9. The number of phenols is 2. The number of amides is 11. The first-order chi connectivity index (χ1) is 62.3. The molecule has 51 heteroatoms. The van der Waals surface area contributed by atoms with Crippen LogP contribution in [0.5, 0.6) is 11.5 Å². The van der Waals surface area contributed by atoms with Crippen molar-refractivity contribution < 1.29 is 132 Å². The van der Waals surface area contributed by atoms with Crippen LogP contribution in [0.15, 0.2) is 48.5 Å². The number of unbranched alkanes of at least 4 members (excludes halogenated alkanes) is 2. The first kappa shape index (κ1) is 118. The molecule has 2 rings (SSSR count). The highest BCUT2D eigenvalue weighted by Gasteiger charge is 2.41. The van der Waals surface area contributed by atoms with Crippen LogP contribution in [0.4, 0.5) is 0 Å². The summed E-state index contributed by atoms with van der Waals surface area (Å²) in [5.41, 5.74) is 51.3. The number of carbonyl (C=O) groups is 18. The van der Waals surface area contributed by atoms with E-state index in [1.165, 1.54) is 48.5 Å². The van der Waals surface area contributed by atoms with Gasteiger partial charge >= 0.3 is 17.9 Å². The summed E-state index contributed by atoms with van der Waals surface area (Å²) in [6.07, 6.45) is -4.85. The number of carboxylic acid groups (broad SMARTS) is 3. The fourth-order valence-electron chi connectivity index (χ4n) is 12.7. The summed E-state index contributed by atoms with van der Waals surface area (Å²) in [4.78, 5) is 246. The molecular formula is C81H134N22O27S2. The molecule has 0 spiro atoms. The fraction of sp³-hybridized carbons (Fsp3) is 0.630. The second-order valence-electron chi connectivity index (χ2n) is 32.5. The van der Waals surface area contributed by atoms with Gasteiger partial charge in [0.2, 0.25) is 82.2 Å². The number of aromatic hydroxyl groups is 2. The summed E-state index contributed by atoms with van der Waals surface area (Å²) in [7, 11) is 0. The van der Waals surface area contributed by atoms with Crippen molar-refractivity contribution in [1.29, 1.82) is 0 Å². The number of primary amides is 1. The largest absolute Gasteiger partial charge is 0.508 e. The van der Waals surface area contributed by atoms with Crippen molar-refractivity contribution >= 4 is 131 Å². The second-order valence-corrected chi connectivity index (χ2v) is 33.2. The lowest BCUT2D eigenvalue weighted by atomic mass is 9.94. The Hall–Kier alpha value is -10.4. The van der Waals surface area contributed by atoms with Gasteiger partial charge in [-0.2, -0.15) is 25.3 Å². The van der Waals surface area contributed by atoms with Crippen molar-refractivity contribution in [2.75, 3.05) is 57.6 Å². The monoisotopic (exact) mass is 1910 g/mol. The number of carbonyl (C=O) groups excluding carboxylic acids is 15. The summed E-state index contributed by atoms with van der Waals surface area (Å²) in [6.45, 7) is 7.19. The number of benzene rings is 2. The van der Waals surface area contributed by atoms with Crippen molar-refractivity contribution in [2.24, 2.45) is 52.2 Å². The molecule has 0 aliphatic heterocycles. The van der Waals surface area contributed by atoms with Gasteiger partial charge in [-0.1, -0.05) is 72.2 Å². The minimum Gasteiger partial charge on any atom is -0.508 e. The molecule has 0 saturated carbocycles. The number of hydrazine groups is 3. The Morgan fingerprint density at radius 3 is 1.20 bits per heavy atom. The van der Waals surface area contributed by atoms with E-state index in [2.05, 4.69) is 95.0 Å². The van der Waals surface area contributed by atoms with Gasteiger partial charge in [-0.05, 0) is 143 Å². The number of ether oxygens (including phenoxy) is 1. The quantitative estimate of drug-likeness (QED) is 0.00961. The smallest absolute Gasteiger partial charge is 0.328 e. The number of nitrogens with two attached hydrogens (primary N) is 6. The maximum Gasteiger partial charge on any atom is 0.328 e. The zero-order valence-electron chi connectivity index (χ0n) is 74.5. The van der Waals surface area contributed by atoms with Crippen LogP contribution >= 0.6 is 25.3 Å². The topological polar surface area (TPSA) is 827 Å². The van der Waals surface area contributed by atoms with Gasteiger partial charge in [-0.25, -0.2) is 37.3 Å². The van der Waals surface area contributed by atoms with E-state index in [4.69, 9.17) is 39.1 Å². The number of imide groups is 1. The molecule has 11 amide bonds. The van der Waals surface area contributed by atoms with E-state index in [0.717, 1.165) is 0 Å². The first-order valence-electron chi connectivity index (χ1n) is 42.8. The molecule has 0 bridgehead atoms. The van der Waals surface area contributed by atoms with Gasteiger partial charge in [0.25, 0.3) is 5.91 Å². The van der Waals surface area contributed by atoms with Gasteiger partial charge in [0.15, 0.2) is 0 Å². The number of ketones is 4. The molecule has 0 saturated heterocycles. The molecule has 132 heavy (non-hydrogen) atoms. The Bertz CT molecular complexity index is 4090. The third-order valence-corrected chi connectivity index (χ3v) is 20.4. The third kappa shape index (κ3) is 45.3. The van der Waals surface area contributed by atoms with Crippen LogP contribution in [-0.4, -0.2) is 307 Å². The Morgan fingerprint density at radius 2 is 0.727 bits per heavy atom. The number of hydrogen-bond donors (Lipinski definition) is 32. The lowest BCUT2D eigenvalue weighted by Gasteiger charge is -2.28. The molecule has 0 aliphatic carbocycles. The molecule has 0 heterocycles.